The van der Waals surface area contributed by atoms with Crippen LogP contribution in [-0.4, -0.2) is 16.4 Å². The number of para-hydroxylation sites is 2. The molecular weight excluding hydrogens is 356 g/mol. The second kappa shape index (κ2) is 8.65. The van der Waals surface area contributed by atoms with Crippen LogP contribution in [0.3, 0.4) is 0 Å². The molecule has 3 nitrogen and oxygen atoms in total. The zero-order valence-corrected chi connectivity index (χ0v) is 16.1. The van der Waals surface area contributed by atoms with Crippen LogP contribution in [0.15, 0.2) is 70.6 Å². The Morgan fingerprint density at radius 1 is 0.786 bits per heavy atom. The van der Waals surface area contributed by atoms with Crippen molar-refractivity contribution >= 4 is 22.8 Å². The number of pyridine rings is 1. The lowest BCUT2D eigenvalue weighted by Gasteiger charge is -2.07. The fraction of sp³-hybridized carbons (Fsp3) is 0.174. The average molecular weight is 377 g/mol. The van der Waals surface area contributed by atoms with Crippen molar-refractivity contribution in [2.45, 2.75) is 27.2 Å². The summed E-state index contributed by atoms with van der Waals surface area (Å²) >= 11 is 0. The number of halogens is 2. The molecule has 1 heterocycles. The SMILES string of the molecule is CCc1ccccc1N=C(C)c1cccc(C(C)=Nc2c(F)cccc2F)n1. The Labute approximate surface area is 163 Å². The van der Waals surface area contributed by atoms with Crippen molar-refractivity contribution in [2.75, 3.05) is 0 Å². The molecular formula is C23H21F2N3. The highest BCUT2D eigenvalue weighted by Crippen LogP contribution is 2.23. The van der Waals surface area contributed by atoms with Gasteiger partial charge in [-0.05, 0) is 56.2 Å². The predicted octanol–water partition coefficient (Wildman–Crippen LogP) is 6.20. The molecule has 0 spiro atoms. The number of hydrogen-bond donors (Lipinski definition) is 0. The number of hydrogen-bond acceptors (Lipinski definition) is 3. The van der Waals surface area contributed by atoms with Crippen LogP contribution in [0.25, 0.3) is 0 Å². The molecule has 28 heavy (non-hydrogen) atoms. The molecule has 0 saturated heterocycles. The van der Waals surface area contributed by atoms with Crippen molar-refractivity contribution in [3.05, 3.63) is 89.2 Å². The second-order valence-electron chi connectivity index (χ2n) is 6.36. The summed E-state index contributed by atoms with van der Waals surface area (Å²) in [6.07, 6.45) is 0.889. The van der Waals surface area contributed by atoms with Gasteiger partial charge in [-0.3, -0.25) is 4.99 Å². The van der Waals surface area contributed by atoms with Crippen molar-refractivity contribution in [3.8, 4) is 0 Å². The first-order valence-corrected chi connectivity index (χ1v) is 9.10. The van der Waals surface area contributed by atoms with Gasteiger partial charge in [-0.1, -0.05) is 37.3 Å². The van der Waals surface area contributed by atoms with Gasteiger partial charge < -0.3 is 0 Å². The van der Waals surface area contributed by atoms with Gasteiger partial charge in [0.1, 0.15) is 5.69 Å². The van der Waals surface area contributed by atoms with Gasteiger partial charge in [0.05, 0.1) is 28.5 Å². The maximum Gasteiger partial charge on any atom is 0.151 e. The quantitative estimate of drug-likeness (QED) is 0.488. The number of aliphatic imine (C=N–C) groups is 2. The number of benzene rings is 2. The van der Waals surface area contributed by atoms with E-state index in [9.17, 15) is 8.78 Å². The van der Waals surface area contributed by atoms with Gasteiger partial charge in [-0.15, -0.1) is 0 Å². The van der Waals surface area contributed by atoms with Crippen molar-refractivity contribution in [2.24, 2.45) is 9.98 Å². The van der Waals surface area contributed by atoms with Crippen molar-refractivity contribution < 1.29 is 8.78 Å². The summed E-state index contributed by atoms with van der Waals surface area (Å²) in [6.45, 7) is 5.66. The second-order valence-corrected chi connectivity index (χ2v) is 6.36. The third-order valence-corrected chi connectivity index (χ3v) is 4.37. The number of nitrogens with zero attached hydrogens (tertiary/aromatic N) is 3. The maximum absolute atomic E-state index is 13.9. The van der Waals surface area contributed by atoms with Crippen molar-refractivity contribution in [1.82, 2.24) is 4.98 Å². The van der Waals surface area contributed by atoms with Gasteiger partial charge >= 0.3 is 0 Å². The third-order valence-electron chi connectivity index (χ3n) is 4.37. The van der Waals surface area contributed by atoms with E-state index in [1.807, 2.05) is 37.3 Å². The van der Waals surface area contributed by atoms with Gasteiger partial charge in [0, 0.05) is 0 Å². The summed E-state index contributed by atoms with van der Waals surface area (Å²) in [7, 11) is 0. The highest BCUT2D eigenvalue weighted by molar-refractivity contribution is 6.02. The van der Waals surface area contributed by atoms with E-state index in [-0.39, 0.29) is 5.69 Å². The molecule has 0 fully saturated rings. The molecule has 0 saturated carbocycles. The molecule has 0 aliphatic rings. The van der Waals surface area contributed by atoms with Crippen molar-refractivity contribution in [1.29, 1.82) is 0 Å². The Balaban J connectivity index is 1.96. The van der Waals surface area contributed by atoms with Gasteiger partial charge in [0.15, 0.2) is 11.6 Å². The van der Waals surface area contributed by atoms with E-state index < -0.39 is 11.6 Å². The molecule has 142 valence electrons. The van der Waals surface area contributed by atoms with E-state index >= 15 is 0 Å². The Kier molecular flexibility index (Phi) is 6.04. The lowest BCUT2D eigenvalue weighted by Crippen LogP contribution is -2.05. The summed E-state index contributed by atoms with van der Waals surface area (Å²) in [5, 5.41) is 0. The van der Waals surface area contributed by atoms with Crippen LogP contribution in [0.5, 0.6) is 0 Å². The summed E-state index contributed by atoms with van der Waals surface area (Å²) in [6, 6.07) is 17.1. The molecule has 5 heteroatoms. The first kappa shape index (κ1) is 19.5. The van der Waals surface area contributed by atoms with Gasteiger partial charge in [0.25, 0.3) is 0 Å². The van der Waals surface area contributed by atoms with Gasteiger partial charge in [0.2, 0.25) is 0 Å². The minimum atomic E-state index is -0.704. The normalized spacial score (nSPS) is 12.3. The maximum atomic E-state index is 13.9. The van der Waals surface area contributed by atoms with Crippen LogP contribution in [0.1, 0.15) is 37.7 Å². The lowest BCUT2D eigenvalue weighted by molar-refractivity contribution is 0.587. The summed E-state index contributed by atoms with van der Waals surface area (Å²) in [5.74, 6) is -1.41. The van der Waals surface area contributed by atoms with E-state index in [0.29, 0.717) is 17.1 Å². The Bertz CT molecular complexity index is 1030. The summed E-state index contributed by atoms with van der Waals surface area (Å²) < 4.78 is 27.7. The smallest absolute Gasteiger partial charge is 0.151 e. The fourth-order valence-electron chi connectivity index (χ4n) is 2.82. The van der Waals surface area contributed by atoms with Crippen LogP contribution in [0, 0.1) is 11.6 Å². The van der Waals surface area contributed by atoms with Crippen LogP contribution >= 0.6 is 0 Å². The van der Waals surface area contributed by atoms with E-state index in [4.69, 9.17) is 4.99 Å². The molecule has 3 rings (SSSR count). The zero-order valence-electron chi connectivity index (χ0n) is 16.1. The minimum Gasteiger partial charge on any atom is -0.251 e. The molecule has 0 aliphatic heterocycles. The summed E-state index contributed by atoms with van der Waals surface area (Å²) in [5.41, 5.74) is 4.17. The van der Waals surface area contributed by atoms with Crippen molar-refractivity contribution in [3.63, 3.8) is 0 Å². The van der Waals surface area contributed by atoms with Gasteiger partial charge in [-0.25, -0.2) is 18.8 Å². The molecule has 0 radical (unpaired) electrons. The highest BCUT2D eigenvalue weighted by atomic mass is 19.1. The topological polar surface area (TPSA) is 37.6 Å². The van der Waals surface area contributed by atoms with E-state index in [2.05, 4.69) is 23.0 Å². The van der Waals surface area contributed by atoms with Crippen LogP contribution < -0.4 is 0 Å². The molecule has 0 amide bonds. The molecule has 1 aromatic heterocycles. The number of rotatable bonds is 5. The first-order valence-electron chi connectivity index (χ1n) is 9.10. The standard InChI is InChI=1S/C23H21F2N3/c1-4-17-9-5-6-12-22(17)26-15(2)20-13-8-14-21(28-20)16(3)27-23-18(24)10-7-11-19(23)25/h5-14H,4H2,1-3H3. The minimum absolute atomic E-state index is 0.311. The molecule has 0 N–H and O–H groups in total. The van der Waals surface area contributed by atoms with Crippen LogP contribution in [0.2, 0.25) is 0 Å². The van der Waals surface area contributed by atoms with Gasteiger partial charge in [-0.2, -0.15) is 0 Å². The lowest BCUT2D eigenvalue weighted by atomic mass is 10.1. The Hall–Kier alpha value is -3.21. The van der Waals surface area contributed by atoms with E-state index in [0.717, 1.165) is 23.4 Å². The number of aromatic nitrogens is 1. The van der Waals surface area contributed by atoms with E-state index in [1.54, 1.807) is 13.0 Å². The predicted molar refractivity (Wildman–Crippen MR) is 110 cm³/mol. The molecule has 0 aliphatic carbocycles. The van der Waals surface area contributed by atoms with Crippen LogP contribution in [0.4, 0.5) is 20.2 Å². The van der Waals surface area contributed by atoms with E-state index in [1.165, 1.54) is 18.2 Å². The Morgan fingerprint density at radius 3 is 2.00 bits per heavy atom. The molecule has 2 aromatic carbocycles. The third kappa shape index (κ3) is 4.36. The molecule has 3 aromatic rings. The first-order chi connectivity index (χ1) is 13.5. The highest BCUT2D eigenvalue weighted by Gasteiger charge is 2.10. The monoisotopic (exact) mass is 377 g/mol. The Morgan fingerprint density at radius 2 is 1.36 bits per heavy atom. The molecule has 0 unspecified atom stereocenters. The molecule has 0 atom stereocenters. The average Bonchev–Trinajstić information content (AvgIpc) is 2.71. The summed E-state index contributed by atoms with van der Waals surface area (Å²) in [4.78, 5) is 13.4. The zero-order chi connectivity index (χ0) is 20.1. The van der Waals surface area contributed by atoms with Crippen LogP contribution in [-0.2, 0) is 6.42 Å². The largest absolute Gasteiger partial charge is 0.251 e. The molecule has 0 bridgehead atoms. The fourth-order valence-corrected chi connectivity index (χ4v) is 2.82. The number of aryl methyl sites for hydroxylation is 1.